The molecule has 0 unspecified atom stereocenters. The molecule has 2 aromatic carbocycles. The van der Waals surface area contributed by atoms with Crippen molar-refractivity contribution in [2.75, 3.05) is 40.2 Å². The van der Waals surface area contributed by atoms with Crippen molar-refractivity contribution in [2.24, 2.45) is 4.99 Å². The van der Waals surface area contributed by atoms with Gasteiger partial charge in [-0.05, 0) is 43.5 Å². The van der Waals surface area contributed by atoms with Gasteiger partial charge < -0.3 is 29.6 Å². The molecule has 2 N–H and O–H groups in total. The summed E-state index contributed by atoms with van der Waals surface area (Å²) in [7, 11) is 1.69. The zero-order valence-electron chi connectivity index (χ0n) is 18.7. The van der Waals surface area contributed by atoms with E-state index in [-0.39, 0.29) is 36.2 Å². The Balaban J connectivity index is 0.00000289. The highest BCUT2D eigenvalue weighted by Crippen LogP contribution is 2.40. The van der Waals surface area contributed by atoms with Gasteiger partial charge in [-0.1, -0.05) is 24.3 Å². The summed E-state index contributed by atoms with van der Waals surface area (Å²) >= 11 is 0. The normalized spacial score (nSPS) is 16.8. The summed E-state index contributed by atoms with van der Waals surface area (Å²) in [4.78, 5) is 4.80. The average Bonchev–Trinajstić information content (AvgIpc) is 3.30. The Morgan fingerprint density at radius 2 is 1.84 bits per heavy atom. The standard InChI is InChI=1S/C24H31N3O4.HI/c1-3-25-23(26-15-18-6-4-5-7-20(18)28-2)27-16-24(10-12-29-13-11-24)19-8-9-21-22(14-19)31-17-30-21;/h4-9,14H,3,10-13,15-17H2,1-2H3,(H2,25,26,27);1H. The van der Waals surface area contributed by atoms with Gasteiger partial charge in [0.15, 0.2) is 17.5 Å². The Labute approximate surface area is 206 Å². The van der Waals surface area contributed by atoms with Crippen LogP contribution in [0.2, 0.25) is 0 Å². The zero-order valence-corrected chi connectivity index (χ0v) is 21.0. The van der Waals surface area contributed by atoms with Crippen LogP contribution in [0.4, 0.5) is 0 Å². The lowest BCUT2D eigenvalue weighted by Gasteiger charge is -2.38. The Hall–Kier alpha value is -2.20. The lowest BCUT2D eigenvalue weighted by Crippen LogP contribution is -2.48. The van der Waals surface area contributed by atoms with Crippen LogP contribution in [-0.2, 0) is 16.7 Å². The molecule has 0 saturated carbocycles. The number of rotatable bonds is 7. The van der Waals surface area contributed by atoms with Crippen molar-refractivity contribution in [2.45, 2.75) is 31.7 Å². The molecule has 7 nitrogen and oxygen atoms in total. The van der Waals surface area contributed by atoms with Crippen molar-refractivity contribution in [1.82, 2.24) is 10.6 Å². The minimum absolute atomic E-state index is 0. The second-order valence-electron chi connectivity index (χ2n) is 7.82. The SMILES string of the molecule is CCNC(=NCc1ccccc1OC)NCC1(c2ccc3c(c2)OCO3)CCOCC1.I. The van der Waals surface area contributed by atoms with Crippen molar-refractivity contribution >= 4 is 29.9 Å². The predicted octanol–water partition coefficient (Wildman–Crippen LogP) is 3.85. The molecule has 174 valence electrons. The molecule has 32 heavy (non-hydrogen) atoms. The summed E-state index contributed by atoms with van der Waals surface area (Å²) in [5, 5.41) is 6.94. The second kappa shape index (κ2) is 11.6. The van der Waals surface area contributed by atoms with Crippen LogP contribution in [0, 0.1) is 0 Å². The number of guanidine groups is 1. The fraction of sp³-hybridized carbons (Fsp3) is 0.458. The Kier molecular flexibility index (Phi) is 8.86. The van der Waals surface area contributed by atoms with Crippen molar-refractivity contribution in [1.29, 1.82) is 0 Å². The summed E-state index contributed by atoms with van der Waals surface area (Å²) < 4.78 is 22.3. The minimum Gasteiger partial charge on any atom is -0.496 e. The molecule has 0 spiro atoms. The summed E-state index contributed by atoms with van der Waals surface area (Å²) in [6.45, 7) is 5.93. The molecule has 1 fully saturated rings. The van der Waals surface area contributed by atoms with E-state index in [9.17, 15) is 0 Å². The quantitative estimate of drug-likeness (QED) is 0.309. The highest BCUT2D eigenvalue weighted by molar-refractivity contribution is 14.0. The van der Waals surface area contributed by atoms with Gasteiger partial charge >= 0.3 is 0 Å². The number of halogens is 1. The summed E-state index contributed by atoms with van der Waals surface area (Å²) in [6, 6.07) is 14.3. The van der Waals surface area contributed by atoms with E-state index in [4.69, 9.17) is 23.9 Å². The fourth-order valence-corrected chi connectivity index (χ4v) is 4.15. The number of benzene rings is 2. The number of nitrogens with one attached hydrogen (secondary N) is 2. The molecule has 2 heterocycles. The predicted molar refractivity (Wildman–Crippen MR) is 136 cm³/mol. The number of methoxy groups -OCH3 is 1. The minimum atomic E-state index is -0.0557. The molecule has 0 amide bonds. The molecule has 2 aromatic rings. The van der Waals surface area contributed by atoms with Gasteiger partial charge in [-0.15, -0.1) is 24.0 Å². The summed E-state index contributed by atoms with van der Waals surface area (Å²) in [5.41, 5.74) is 2.24. The molecule has 0 aromatic heterocycles. The zero-order chi connectivity index (χ0) is 21.5. The third-order valence-electron chi connectivity index (χ3n) is 5.97. The number of nitrogens with zero attached hydrogens (tertiary/aromatic N) is 1. The van der Waals surface area contributed by atoms with E-state index in [2.05, 4.69) is 29.7 Å². The maximum atomic E-state index is 5.68. The maximum Gasteiger partial charge on any atom is 0.231 e. The fourth-order valence-electron chi connectivity index (χ4n) is 4.15. The second-order valence-corrected chi connectivity index (χ2v) is 7.82. The molecule has 0 atom stereocenters. The Morgan fingerprint density at radius 1 is 1.06 bits per heavy atom. The van der Waals surface area contributed by atoms with Gasteiger partial charge in [0, 0.05) is 37.3 Å². The van der Waals surface area contributed by atoms with E-state index in [0.29, 0.717) is 6.54 Å². The highest BCUT2D eigenvalue weighted by Gasteiger charge is 2.35. The van der Waals surface area contributed by atoms with Crippen molar-refractivity contribution in [3.8, 4) is 17.2 Å². The first-order valence-corrected chi connectivity index (χ1v) is 10.9. The maximum absolute atomic E-state index is 5.68. The van der Waals surface area contributed by atoms with Crippen molar-refractivity contribution in [3.05, 3.63) is 53.6 Å². The van der Waals surface area contributed by atoms with Crippen molar-refractivity contribution < 1.29 is 18.9 Å². The molecule has 2 aliphatic heterocycles. The van der Waals surface area contributed by atoms with Crippen LogP contribution in [-0.4, -0.2) is 46.2 Å². The number of para-hydroxylation sites is 1. The molecule has 0 aliphatic carbocycles. The van der Waals surface area contributed by atoms with E-state index in [1.54, 1.807) is 7.11 Å². The van der Waals surface area contributed by atoms with Crippen LogP contribution in [0.3, 0.4) is 0 Å². The average molecular weight is 553 g/mol. The molecule has 4 rings (SSSR count). The van der Waals surface area contributed by atoms with Gasteiger partial charge in [0.2, 0.25) is 6.79 Å². The van der Waals surface area contributed by atoms with E-state index in [0.717, 1.165) is 67.9 Å². The molecule has 2 aliphatic rings. The number of aliphatic imine (C=N–C) groups is 1. The lowest BCUT2D eigenvalue weighted by molar-refractivity contribution is 0.0513. The molecule has 8 heteroatoms. The largest absolute Gasteiger partial charge is 0.496 e. The first-order valence-electron chi connectivity index (χ1n) is 10.9. The third kappa shape index (κ3) is 5.58. The molecule has 0 bridgehead atoms. The smallest absolute Gasteiger partial charge is 0.231 e. The van der Waals surface area contributed by atoms with Crippen LogP contribution in [0.5, 0.6) is 17.2 Å². The monoisotopic (exact) mass is 553 g/mol. The number of hydrogen-bond donors (Lipinski definition) is 2. The van der Waals surface area contributed by atoms with Gasteiger partial charge in [-0.25, -0.2) is 4.99 Å². The van der Waals surface area contributed by atoms with Crippen LogP contribution < -0.4 is 24.8 Å². The van der Waals surface area contributed by atoms with E-state index in [1.807, 2.05) is 30.3 Å². The molecular weight excluding hydrogens is 521 g/mol. The van der Waals surface area contributed by atoms with E-state index >= 15 is 0 Å². The number of ether oxygens (including phenoxy) is 4. The topological polar surface area (TPSA) is 73.3 Å². The van der Waals surface area contributed by atoms with Gasteiger partial charge in [0.25, 0.3) is 0 Å². The molecule has 0 radical (unpaired) electrons. The number of hydrogen-bond acceptors (Lipinski definition) is 5. The van der Waals surface area contributed by atoms with Gasteiger partial charge in [-0.2, -0.15) is 0 Å². The molecular formula is C24H32IN3O4. The Morgan fingerprint density at radius 3 is 2.62 bits per heavy atom. The van der Waals surface area contributed by atoms with Crippen molar-refractivity contribution in [3.63, 3.8) is 0 Å². The van der Waals surface area contributed by atoms with E-state index < -0.39 is 0 Å². The first kappa shape index (κ1) is 24.4. The molecule has 1 saturated heterocycles. The van der Waals surface area contributed by atoms with E-state index in [1.165, 1.54) is 5.56 Å². The summed E-state index contributed by atoms with van der Waals surface area (Å²) in [5.74, 6) is 3.27. The van der Waals surface area contributed by atoms with Crippen LogP contribution in [0.1, 0.15) is 30.9 Å². The van der Waals surface area contributed by atoms with Gasteiger partial charge in [0.05, 0.1) is 13.7 Å². The Bertz CT molecular complexity index is 916. The highest BCUT2D eigenvalue weighted by atomic mass is 127. The van der Waals surface area contributed by atoms with Gasteiger partial charge in [0.1, 0.15) is 5.75 Å². The lowest BCUT2D eigenvalue weighted by atomic mass is 9.74. The van der Waals surface area contributed by atoms with Crippen LogP contribution in [0.15, 0.2) is 47.5 Å². The number of fused-ring (bicyclic) bond motifs is 1. The third-order valence-corrected chi connectivity index (χ3v) is 5.97. The van der Waals surface area contributed by atoms with Gasteiger partial charge in [-0.3, -0.25) is 0 Å². The summed E-state index contributed by atoms with van der Waals surface area (Å²) in [6.07, 6.45) is 1.87. The first-order chi connectivity index (χ1) is 15.2. The van der Waals surface area contributed by atoms with Crippen LogP contribution in [0.25, 0.3) is 0 Å². The van der Waals surface area contributed by atoms with Crippen LogP contribution >= 0.6 is 24.0 Å².